The molecule has 1 saturated heterocycles. The monoisotopic (exact) mass is 449 g/mol. The summed E-state index contributed by atoms with van der Waals surface area (Å²) in [6.07, 6.45) is 6.90. The molecule has 31 heavy (non-hydrogen) atoms. The Kier molecular flexibility index (Phi) is 7.75. The van der Waals surface area contributed by atoms with Gasteiger partial charge in [-0.1, -0.05) is 37.0 Å². The first kappa shape index (κ1) is 23.7. The Hall–Kier alpha value is -1.93. The Balaban J connectivity index is 1.59. The summed E-state index contributed by atoms with van der Waals surface area (Å²) in [5.74, 6) is -0.386. The van der Waals surface area contributed by atoms with Crippen molar-refractivity contribution in [2.24, 2.45) is 0 Å². The van der Waals surface area contributed by atoms with E-state index in [1.807, 2.05) is 19.1 Å². The van der Waals surface area contributed by atoms with Crippen LogP contribution in [0.3, 0.4) is 0 Å². The van der Waals surface area contributed by atoms with E-state index in [9.17, 15) is 18.0 Å². The molecule has 2 fully saturated rings. The molecule has 1 aromatic carbocycles. The lowest BCUT2D eigenvalue weighted by Gasteiger charge is -2.25. The normalized spacial score (nSPS) is 20.5. The standard InChI is InChI=1S/C23H35N3O4S/c1-16-14-17(2)22(18(3)15-16)31(29,30)26-13-7-10-20(26)23(28)24-12-11-21(27)25-19-8-5-4-6-9-19/h14-15,19-20H,4-13H2,1-3H3,(H,24,28)(H,25,27). The summed E-state index contributed by atoms with van der Waals surface area (Å²) in [6.45, 7) is 6.07. The molecule has 8 heteroatoms. The summed E-state index contributed by atoms with van der Waals surface area (Å²) in [6, 6.07) is 3.23. The van der Waals surface area contributed by atoms with Crippen molar-refractivity contribution in [2.45, 2.75) is 89.1 Å². The quantitative estimate of drug-likeness (QED) is 0.669. The molecule has 0 spiro atoms. The lowest BCUT2D eigenvalue weighted by Crippen LogP contribution is -2.47. The number of hydrogen-bond acceptors (Lipinski definition) is 4. The van der Waals surface area contributed by atoms with Crippen molar-refractivity contribution in [3.05, 3.63) is 28.8 Å². The number of aryl methyl sites for hydroxylation is 3. The van der Waals surface area contributed by atoms with Crippen LogP contribution < -0.4 is 10.6 Å². The van der Waals surface area contributed by atoms with Crippen molar-refractivity contribution in [2.75, 3.05) is 13.1 Å². The Bertz CT molecular complexity index is 900. The van der Waals surface area contributed by atoms with E-state index >= 15 is 0 Å². The maximum atomic E-state index is 13.4. The van der Waals surface area contributed by atoms with Gasteiger partial charge in [0.15, 0.2) is 0 Å². The van der Waals surface area contributed by atoms with Crippen LogP contribution in [0, 0.1) is 20.8 Å². The number of nitrogens with zero attached hydrogens (tertiary/aromatic N) is 1. The Morgan fingerprint density at radius 1 is 1.00 bits per heavy atom. The Labute approximate surface area is 186 Å². The number of nitrogens with one attached hydrogen (secondary N) is 2. The van der Waals surface area contributed by atoms with Crippen molar-refractivity contribution in [3.8, 4) is 0 Å². The van der Waals surface area contributed by atoms with Crippen LogP contribution in [0.25, 0.3) is 0 Å². The lowest BCUT2D eigenvalue weighted by molar-refractivity contribution is -0.124. The summed E-state index contributed by atoms with van der Waals surface area (Å²) in [5.41, 5.74) is 2.40. The van der Waals surface area contributed by atoms with Gasteiger partial charge in [-0.15, -0.1) is 0 Å². The molecule has 3 rings (SSSR count). The van der Waals surface area contributed by atoms with Crippen molar-refractivity contribution >= 4 is 21.8 Å². The summed E-state index contributed by atoms with van der Waals surface area (Å²) in [5, 5.41) is 5.82. The summed E-state index contributed by atoms with van der Waals surface area (Å²) in [4.78, 5) is 25.2. The van der Waals surface area contributed by atoms with Gasteiger partial charge < -0.3 is 10.6 Å². The first-order chi connectivity index (χ1) is 14.7. The van der Waals surface area contributed by atoms with E-state index in [0.717, 1.165) is 31.2 Å². The molecular formula is C23H35N3O4S. The number of rotatable bonds is 7. The van der Waals surface area contributed by atoms with Crippen LogP contribution in [0.15, 0.2) is 17.0 Å². The minimum Gasteiger partial charge on any atom is -0.354 e. The molecule has 172 valence electrons. The van der Waals surface area contributed by atoms with E-state index in [1.54, 1.807) is 13.8 Å². The third-order valence-electron chi connectivity index (χ3n) is 6.30. The van der Waals surface area contributed by atoms with E-state index in [0.29, 0.717) is 35.4 Å². The molecule has 1 atom stereocenters. The van der Waals surface area contributed by atoms with Gasteiger partial charge in [0.2, 0.25) is 21.8 Å². The molecule has 0 aromatic heterocycles. The molecule has 1 aromatic rings. The van der Waals surface area contributed by atoms with E-state index in [-0.39, 0.29) is 30.8 Å². The second-order valence-corrected chi connectivity index (χ2v) is 10.8. The lowest BCUT2D eigenvalue weighted by atomic mass is 9.95. The van der Waals surface area contributed by atoms with Crippen molar-refractivity contribution in [1.29, 1.82) is 0 Å². The number of carbonyl (C=O) groups excluding carboxylic acids is 2. The van der Waals surface area contributed by atoms with Crippen molar-refractivity contribution in [1.82, 2.24) is 14.9 Å². The SMILES string of the molecule is Cc1cc(C)c(S(=O)(=O)N2CCCC2C(=O)NCCC(=O)NC2CCCCC2)c(C)c1. The zero-order chi connectivity index (χ0) is 22.6. The Morgan fingerprint density at radius 3 is 2.29 bits per heavy atom. The van der Waals surface area contributed by atoms with Gasteiger partial charge in [-0.05, 0) is 57.6 Å². The van der Waals surface area contributed by atoms with Crippen LogP contribution in [0.5, 0.6) is 0 Å². The molecule has 1 unspecified atom stereocenters. The van der Waals surface area contributed by atoms with Crippen LogP contribution in [-0.4, -0.2) is 49.7 Å². The molecule has 2 aliphatic rings. The fraction of sp³-hybridized carbons (Fsp3) is 0.652. The predicted octanol–water partition coefficient (Wildman–Crippen LogP) is 2.72. The predicted molar refractivity (Wildman–Crippen MR) is 120 cm³/mol. The maximum Gasteiger partial charge on any atom is 0.244 e. The average molecular weight is 450 g/mol. The number of benzene rings is 1. The van der Waals surface area contributed by atoms with Gasteiger partial charge in [0.05, 0.1) is 4.90 Å². The summed E-state index contributed by atoms with van der Waals surface area (Å²) < 4.78 is 28.1. The summed E-state index contributed by atoms with van der Waals surface area (Å²) in [7, 11) is -3.78. The molecule has 2 N–H and O–H groups in total. The third-order valence-corrected chi connectivity index (χ3v) is 8.51. The van der Waals surface area contributed by atoms with Crippen LogP contribution in [0.1, 0.15) is 68.1 Å². The molecule has 1 heterocycles. The largest absolute Gasteiger partial charge is 0.354 e. The maximum absolute atomic E-state index is 13.4. The third kappa shape index (κ3) is 5.66. The zero-order valence-electron chi connectivity index (χ0n) is 18.9. The first-order valence-corrected chi connectivity index (χ1v) is 12.8. The zero-order valence-corrected chi connectivity index (χ0v) is 19.7. The van der Waals surface area contributed by atoms with E-state index in [1.165, 1.54) is 10.7 Å². The Morgan fingerprint density at radius 2 is 1.65 bits per heavy atom. The second kappa shape index (κ2) is 10.1. The number of amides is 2. The highest BCUT2D eigenvalue weighted by Gasteiger charge is 2.40. The fourth-order valence-corrected chi connectivity index (χ4v) is 7.02. The van der Waals surface area contributed by atoms with Crippen molar-refractivity contribution in [3.63, 3.8) is 0 Å². The minimum atomic E-state index is -3.78. The van der Waals surface area contributed by atoms with Crippen LogP contribution in [-0.2, 0) is 19.6 Å². The van der Waals surface area contributed by atoms with Gasteiger partial charge in [-0.25, -0.2) is 8.42 Å². The molecule has 1 aliphatic heterocycles. The molecule has 0 bridgehead atoms. The van der Waals surface area contributed by atoms with E-state index < -0.39 is 16.1 Å². The highest BCUT2D eigenvalue weighted by Crippen LogP contribution is 2.30. The second-order valence-electron chi connectivity index (χ2n) is 8.95. The molecule has 0 radical (unpaired) electrons. The van der Waals surface area contributed by atoms with Crippen LogP contribution in [0.4, 0.5) is 0 Å². The van der Waals surface area contributed by atoms with Gasteiger partial charge in [0, 0.05) is 25.6 Å². The van der Waals surface area contributed by atoms with Gasteiger partial charge >= 0.3 is 0 Å². The average Bonchev–Trinajstić information content (AvgIpc) is 3.18. The fourth-order valence-electron chi connectivity index (χ4n) is 4.94. The van der Waals surface area contributed by atoms with E-state index in [4.69, 9.17) is 0 Å². The summed E-state index contributed by atoms with van der Waals surface area (Å²) >= 11 is 0. The highest BCUT2D eigenvalue weighted by atomic mass is 32.2. The minimum absolute atomic E-state index is 0.0611. The molecule has 2 amide bonds. The first-order valence-electron chi connectivity index (χ1n) is 11.4. The van der Waals surface area contributed by atoms with Gasteiger partial charge in [0.1, 0.15) is 6.04 Å². The molecular weight excluding hydrogens is 414 g/mol. The molecule has 1 aliphatic carbocycles. The highest BCUT2D eigenvalue weighted by molar-refractivity contribution is 7.89. The number of sulfonamides is 1. The van der Waals surface area contributed by atoms with Gasteiger partial charge in [-0.2, -0.15) is 4.31 Å². The molecule has 7 nitrogen and oxygen atoms in total. The van der Waals surface area contributed by atoms with Gasteiger partial charge in [0.25, 0.3) is 0 Å². The van der Waals surface area contributed by atoms with E-state index in [2.05, 4.69) is 10.6 Å². The van der Waals surface area contributed by atoms with Crippen LogP contribution in [0.2, 0.25) is 0 Å². The topological polar surface area (TPSA) is 95.6 Å². The number of carbonyl (C=O) groups is 2. The van der Waals surface area contributed by atoms with Gasteiger partial charge in [-0.3, -0.25) is 9.59 Å². The number of hydrogen-bond donors (Lipinski definition) is 2. The molecule has 1 saturated carbocycles. The smallest absolute Gasteiger partial charge is 0.244 e. The van der Waals surface area contributed by atoms with Crippen LogP contribution >= 0.6 is 0 Å². The van der Waals surface area contributed by atoms with Crippen molar-refractivity contribution < 1.29 is 18.0 Å².